The molecule has 0 aliphatic rings. The normalized spacial score (nSPS) is 11.6. The van der Waals surface area contributed by atoms with Gasteiger partial charge in [0.05, 0.1) is 0 Å². The van der Waals surface area contributed by atoms with E-state index in [9.17, 15) is 9.59 Å². The molecule has 0 saturated carbocycles. The first-order valence-corrected chi connectivity index (χ1v) is 4.95. The zero-order chi connectivity index (χ0) is 12.0. The van der Waals surface area contributed by atoms with E-state index in [4.69, 9.17) is 5.73 Å². The molecule has 0 spiro atoms. The van der Waals surface area contributed by atoms with Crippen molar-refractivity contribution in [3.63, 3.8) is 0 Å². The third kappa shape index (κ3) is 3.36. The van der Waals surface area contributed by atoms with Gasteiger partial charge in [-0.25, -0.2) is 0 Å². The van der Waals surface area contributed by atoms with Crippen molar-refractivity contribution in [1.29, 1.82) is 0 Å². The molecule has 0 aromatic heterocycles. The van der Waals surface area contributed by atoms with Crippen molar-refractivity contribution in [2.24, 2.45) is 5.73 Å². The molecule has 16 heavy (non-hydrogen) atoms. The van der Waals surface area contributed by atoms with Gasteiger partial charge in [-0.15, -0.1) is 0 Å². The van der Waals surface area contributed by atoms with Gasteiger partial charge in [0, 0.05) is 19.2 Å². The van der Waals surface area contributed by atoms with Crippen LogP contribution in [0.2, 0.25) is 0 Å². The second kappa shape index (κ2) is 5.87. The number of carbonyl (C=O) groups excluding carboxylic acids is 2. The highest BCUT2D eigenvalue weighted by molar-refractivity contribution is 5.94. The summed E-state index contributed by atoms with van der Waals surface area (Å²) in [4.78, 5) is 22.6. The summed E-state index contributed by atoms with van der Waals surface area (Å²) in [5, 5.41) is 5.00. The molecule has 4 N–H and O–H groups in total. The van der Waals surface area contributed by atoms with E-state index in [1.165, 1.54) is 7.05 Å². The van der Waals surface area contributed by atoms with Crippen LogP contribution >= 0.6 is 0 Å². The molecule has 0 saturated heterocycles. The number of nitrogens with two attached hydrogens (primary N) is 1. The molecule has 0 fully saturated rings. The minimum absolute atomic E-state index is 0.118. The topological polar surface area (TPSA) is 84.2 Å². The second-order valence-corrected chi connectivity index (χ2v) is 3.30. The van der Waals surface area contributed by atoms with Crippen LogP contribution < -0.4 is 16.4 Å². The molecule has 1 aromatic carbocycles. The van der Waals surface area contributed by atoms with E-state index in [0.717, 1.165) is 0 Å². The van der Waals surface area contributed by atoms with Crippen LogP contribution in [0.15, 0.2) is 30.3 Å². The predicted octanol–water partition coefficient (Wildman–Crippen LogP) is -0.510. The van der Waals surface area contributed by atoms with Crippen molar-refractivity contribution >= 4 is 11.8 Å². The van der Waals surface area contributed by atoms with Crippen molar-refractivity contribution in [2.45, 2.75) is 6.04 Å². The molecule has 86 valence electrons. The number of amides is 2. The highest BCUT2D eigenvalue weighted by Gasteiger charge is 2.12. The molecule has 2 amide bonds. The third-order valence-electron chi connectivity index (χ3n) is 2.10. The molecule has 1 aromatic rings. The van der Waals surface area contributed by atoms with Crippen molar-refractivity contribution in [3.05, 3.63) is 35.9 Å². The smallest absolute Gasteiger partial charge is 0.251 e. The summed E-state index contributed by atoms with van der Waals surface area (Å²) in [5.41, 5.74) is 6.08. The van der Waals surface area contributed by atoms with Gasteiger partial charge in [0.1, 0.15) is 6.04 Å². The van der Waals surface area contributed by atoms with Crippen LogP contribution in [0.25, 0.3) is 0 Å². The van der Waals surface area contributed by atoms with Gasteiger partial charge in [0.25, 0.3) is 5.91 Å². The van der Waals surface area contributed by atoms with Gasteiger partial charge in [-0.3, -0.25) is 9.59 Å². The standard InChI is InChI=1S/C11H15N3O2/c1-13-11(16)9(12)7-14-10(15)8-5-3-2-4-6-8/h2-6,9H,7,12H2,1H3,(H,13,16)(H,14,15). The Hall–Kier alpha value is -1.88. The maximum Gasteiger partial charge on any atom is 0.251 e. The van der Waals surface area contributed by atoms with Crippen LogP contribution in [-0.2, 0) is 4.79 Å². The summed E-state index contributed by atoms with van der Waals surface area (Å²) in [7, 11) is 1.50. The summed E-state index contributed by atoms with van der Waals surface area (Å²) < 4.78 is 0. The lowest BCUT2D eigenvalue weighted by atomic mass is 10.2. The minimum atomic E-state index is -0.724. The lowest BCUT2D eigenvalue weighted by molar-refractivity contribution is -0.121. The quantitative estimate of drug-likeness (QED) is 0.640. The molecule has 0 bridgehead atoms. The van der Waals surface area contributed by atoms with Crippen LogP contribution in [0.4, 0.5) is 0 Å². The Labute approximate surface area is 94.0 Å². The predicted molar refractivity (Wildman–Crippen MR) is 60.8 cm³/mol. The number of rotatable bonds is 4. The molecule has 5 nitrogen and oxygen atoms in total. The molecule has 0 radical (unpaired) electrons. The molecule has 1 atom stereocenters. The van der Waals surface area contributed by atoms with Crippen LogP contribution in [0, 0.1) is 0 Å². The minimum Gasteiger partial charge on any atom is -0.358 e. The van der Waals surface area contributed by atoms with Crippen molar-refractivity contribution < 1.29 is 9.59 Å². The Morgan fingerprint density at radius 2 is 1.94 bits per heavy atom. The number of likely N-dealkylation sites (N-methyl/N-ethyl adjacent to an activating group) is 1. The summed E-state index contributed by atoms with van der Waals surface area (Å²) in [6.45, 7) is 0.118. The van der Waals surface area contributed by atoms with Crippen LogP contribution in [0.1, 0.15) is 10.4 Å². The maximum absolute atomic E-state index is 11.6. The van der Waals surface area contributed by atoms with Gasteiger partial charge in [-0.1, -0.05) is 18.2 Å². The van der Waals surface area contributed by atoms with E-state index < -0.39 is 6.04 Å². The molecule has 1 rings (SSSR count). The molecule has 0 aliphatic carbocycles. The highest BCUT2D eigenvalue weighted by Crippen LogP contribution is 1.97. The Kier molecular flexibility index (Phi) is 4.47. The first-order chi connectivity index (χ1) is 7.65. The van der Waals surface area contributed by atoms with Crippen molar-refractivity contribution in [3.8, 4) is 0 Å². The fourth-order valence-corrected chi connectivity index (χ4v) is 1.17. The molecule has 0 aliphatic heterocycles. The lowest BCUT2D eigenvalue weighted by Gasteiger charge is -2.11. The van der Waals surface area contributed by atoms with E-state index >= 15 is 0 Å². The number of carbonyl (C=O) groups is 2. The Morgan fingerprint density at radius 3 is 2.50 bits per heavy atom. The number of benzene rings is 1. The zero-order valence-electron chi connectivity index (χ0n) is 9.07. The average Bonchev–Trinajstić information content (AvgIpc) is 2.35. The van der Waals surface area contributed by atoms with Crippen LogP contribution in [0.5, 0.6) is 0 Å². The summed E-state index contributed by atoms with van der Waals surface area (Å²) >= 11 is 0. The first-order valence-electron chi connectivity index (χ1n) is 4.95. The maximum atomic E-state index is 11.6. The lowest BCUT2D eigenvalue weighted by Crippen LogP contribution is -2.46. The second-order valence-electron chi connectivity index (χ2n) is 3.30. The van der Waals surface area contributed by atoms with Gasteiger partial charge in [-0.05, 0) is 12.1 Å². The van der Waals surface area contributed by atoms with Gasteiger partial charge >= 0.3 is 0 Å². The summed E-state index contributed by atoms with van der Waals surface area (Å²) in [6.07, 6.45) is 0. The van der Waals surface area contributed by atoms with Gasteiger partial charge in [-0.2, -0.15) is 0 Å². The summed E-state index contributed by atoms with van der Waals surface area (Å²) in [5.74, 6) is -0.534. The fraction of sp³-hybridized carbons (Fsp3) is 0.273. The molecular formula is C11H15N3O2. The summed E-state index contributed by atoms with van der Waals surface area (Å²) in [6, 6.07) is 8.04. The van der Waals surface area contributed by atoms with E-state index in [-0.39, 0.29) is 18.4 Å². The Bertz CT molecular complexity index is 365. The largest absolute Gasteiger partial charge is 0.358 e. The monoisotopic (exact) mass is 221 g/mol. The Morgan fingerprint density at radius 1 is 1.31 bits per heavy atom. The van der Waals surface area contributed by atoms with Gasteiger partial charge in [0.2, 0.25) is 5.91 Å². The zero-order valence-corrected chi connectivity index (χ0v) is 9.07. The van der Waals surface area contributed by atoms with E-state index in [1.807, 2.05) is 6.07 Å². The third-order valence-corrected chi connectivity index (χ3v) is 2.10. The SMILES string of the molecule is CNC(=O)C(N)CNC(=O)c1ccccc1. The van der Waals surface area contributed by atoms with Crippen LogP contribution in [-0.4, -0.2) is 31.4 Å². The van der Waals surface area contributed by atoms with E-state index in [1.54, 1.807) is 24.3 Å². The Balaban J connectivity index is 2.45. The van der Waals surface area contributed by atoms with E-state index in [2.05, 4.69) is 10.6 Å². The highest BCUT2D eigenvalue weighted by atomic mass is 16.2. The number of hydrogen-bond donors (Lipinski definition) is 3. The van der Waals surface area contributed by atoms with Gasteiger partial charge in [0.15, 0.2) is 0 Å². The molecule has 0 heterocycles. The van der Waals surface area contributed by atoms with Gasteiger partial charge < -0.3 is 16.4 Å². The van der Waals surface area contributed by atoms with Crippen molar-refractivity contribution in [2.75, 3.05) is 13.6 Å². The molecule has 5 heteroatoms. The van der Waals surface area contributed by atoms with Crippen LogP contribution in [0.3, 0.4) is 0 Å². The van der Waals surface area contributed by atoms with Crippen molar-refractivity contribution in [1.82, 2.24) is 10.6 Å². The first kappa shape index (κ1) is 12.2. The fourth-order valence-electron chi connectivity index (χ4n) is 1.17. The number of nitrogens with one attached hydrogen (secondary N) is 2. The molecule has 1 unspecified atom stereocenters. The number of hydrogen-bond acceptors (Lipinski definition) is 3. The molecular weight excluding hydrogens is 206 g/mol. The average molecular weight is 221 g/mol. The van der Waals surface area contributed by atoms with E-state index in [0.29, 0.717) is 5.56 Å².